The number of nitrogens with zero attached hydrogens (tertiary/aromatic N) is 8. The average molecular weight is 493 g/mol. The highest BCUT2D eigenvalue weighted by Crippen LogP contribution is 2.33. The number of rotatable bonds is 6. The van der Waals surface area contributed by atoms with Crippen molar-refractivity contribution in [2.45, 2.75) is 19.4 Å². The van der Waals surface area contributed by atoms with Crippen molar-refractivity contribution >= 4 is 11.6 Å². The van der Waals surface area contributed by atoms with Crippen LogP contribution in [0.3, 0.4) is 0 Å². The topological polar surface area (TPSA) is 115 Å². The number of hydrogen-bond donors (Lipinski definition) is 0. The molecule has 0 saturated heterocycles. The van der Waals surface area contributed by atoms with Crippen LogP contribution in [0.15, 0.2) is 73.7 Å². The predicted octanol–water partition coefficient (Wildman–Crippen LogP) is 3.25. The zero-order valence-electron chi connectivity index (χ0n) is 18.4. The number of aromatic nitrogens is 8. The Balaban J connectivity index is 1.53. The van der Waals surface area contributed by atoms with Crippen molar-refractivity contribution in [1.29, 1.82) is 0 Å². The van der Waals surface area contributed by atoms with E-state index in [-0.39, 0.29) is 16.6 Å². The van der Waals surface area contributed by atoms with E-state index < -0.39 is 5.82 Å². The number of hydrogen-bond acceptors (Lipinski definition) is 6. The molecule has 12 heteroatoms. The van der Waals surface area contributed by atoms with Crippen LogP contribution in [0.1, 0.15) is 25.1 Å². The molecule has 0 unspecified atom stereocenters. The lowest BCUT2D eigenvalue weighted by Crippen LogP contribution is -2.35. The Morgan fingerprint density at radius 2 is 1.86 bits per heavy atom. The van der Waals surface area contributed by atoms with Gasteiger partial charge in [-0.2, -0.15) is 19.2 Å². The second-order valence-electron chi connectivity index (χ2n) is 7.76. The van der Waals surface area contributed by atoms with Crippen LogP contribution in [0.2, 0.25) is 5.02 Å². The first-order chi connectivity index (χ1) is 17.0. The van der Waals surface area contributed by atoms with Crippen LogP contribution in [0, 0.1) is 16.2 Å². The maximum atomic E-state index is 15.1. The summed E-state index contributed by atoms with van der Waals surface area (Å²) >= 11 is 6.03. The van der Waals surface area contributed by atoms with Crippen molar-refractivity contribution in [2.75, 3.05) is 0 Å². The number of benzene rings is 1. The summed E-state index contributed by atoms with van der Waals surface area (Å²) in [7, 11) is 0. The molecular formula is C23H18ClFN8O2. The fourth-order valence-corrected chi connectivity index (χ4v) is 4.13. The average Bonchev–Trinajstić information content (AvgIpc) is 3.56. The Kier molecular flexibility index (Phi) is 5.83. The van der Waals surface area contributed by atoms with Gasteiger partial charge >= 0.3 is 0 Å². The molecule has 0 spiro atoms. The smallest absolute Gasteiger partial charge is 0.217 e. The van der Waals surface area contributed by atoms with Gasteiger partial charge in [0.05, 0.1) is 28.0 Å². The molecule has 4 aromatic heterocycles. The minimum atomic E-state index is -0.682. The minimum Gasteiger partial charge on any atom is -0.619 e. The van der Waals surface area contributed by atoms with Crippen molar-refractivity contribution < 1.29 is 13.9 Å². The van der Waals surface area contributed by atoms with Crippen LogP contribution in [-0.4, -0.2) is 30.0 Å². The highest BCUT2D eigenvalue weighted by molar-refractivity contribution is 6.31. The van der Waals surface area contributed by atoms with E-state index >= 15 is 4.39 Å². The third kappa shape index (κ3) is 4.17. The Bertz CT molecular complexity index is 1490. The van der Waals surface area contributed by atoms with E-state index in [1.165, 1.54) is 35.7 Å². The maximum absolute atomic E-state index is 15.1. The summed E-state index contributed by atoms with van der Waals surface area (Å²) in [6, 6.07) is 9.31. The van der Waals surface area contributed by atoms with Gasteiger partial charge in [0.25, 0.3) is 0 Å². The molecule has 0 N–H and O–H groups in total. The predicted molar refractivity (Wildman–Crippen MR) is 124 cm³/mol. The van der Waals surface area contributed by atoms with Gasteiger partial charge in [-0.1, -0.05) is 18.5 Å². The molecular weight excluding hydrogens is 475 g/mol. The summed E-state index contributed by atoms with van der Waals surface area (Å²) in [6.45, 7) is 1.94. The third-order valence-corrected chi connectivity index (χ3v) is 5.98. The summed E-state index contributed by atoms with van der Waals surface area (Å²) in [6.07, 6.45) is 9.53. The molecule has 0 radical (unpaired) electrons. The quantitative estimate of drug-likeness (QED) is 0.265. The van der Waals surface area contributed by atoms with Crippen LogP contribution < -0.4 is 9.46 Å². The second-order valence-corrected chi connectivity index (χ2v) is 8.17. The number of halogens is 2. The highest BCUT2D eigenvalue weighted by Gasteiger charge is 2.24. The van der Waals surface area contributed by atoms with E-state index in [4.69, 9.17) is 11.6 Å². The van der Waals surface area contributed by atoms with Gasteiger partial charge in [-0.3, -0.25) is 4.68 Å². The standard InChI is InChI=1S/C23H18ClFN8O2/c1-2-19(31-12-17(11-27-31)15-7-9-30(34)10-8-15)20-5-3-16(13-33(20)35)22-21(32-14-26-28-29-32)6-4-18(24)23(22)25/h3-14,19H,2H2,1H3/t19-/m1/s1. The minimum absolute atomic E-state index is 0.0859. The first-order valence-electron chi connectivity index (χ1n) is 10.6. The van der Waals surface area contributed by atoms with Gasteiger partial charge in [0.2, 0.25) is 5.69 Å². The molecule has 0 aliphatic carbocycles. The normalized spacial score (nSPS) is 12.1. The first kappa shape index (κ1) is 22.4. The Labute approximate surface area is 203 Å². The zero-order chi connectivity index (χ0) is 24.5. The molecule has 0 aliphatic rings. The molecule has 10 nitrogen and oxygen atoms in total. The van der Waals surface area contributed by atoms with E-state index in [1.54, 1.807) is 41.2 Å². The molecule has 0 amide bonds. The molecule has 0 fully saturated rings. The molecule has 0 aliphatic heterocycles. The molecule has 4 heterocycles. The Morgan fingerprint density at radius 3 is 2.54 bits per heavy atom. The summed E-state index contributed by atoms with van der Waals surface area (Å²) in [4.78, 5) is 0. The lowest BCUT2D eigenvalue weighted by molar-refractivity contribution is -0.615. The Hall–Kier alpha value is -4.38. The van der Waals surface area contributed by atoms with Crippen molar-refractivity contribution in [2.24, 2.45) is 0 Å². The summed E-state index contributed by atoms with van der Waals surface area (Å²) in [5.41, 5.74) is 2.84. The van der Waals surface area contributed by atoms with Gasteiger partial charge in [0, 0.05) is 30.0 Å². The molecule has 5 rings (SSSR count). The van der Waals surface area contributed by atoms with Gasteiger partial charge in [-0.05, 0) is 40.6 Å². The van der Waals surface area contributed by atoms with Crippen LogP contribution in [0.25, 0.3) is 27.9 Å². The third-order valence-electron chi connectivity index (χ3n) is 5.69. The van der Waals surface area contributed by atoms with E-state index in [0.29, 0.717) is 32.8 Å². The van der Waals surface area contributed by atoms with E-state index in [1.807, 2.05) is 13.1 Å². The monoisotopic (exact) mass is 492 g/mol. The maximum Gasteiger partial charge on any atom is 0.217 e. The van der Waals surface area contributed by atoms with E-state index in [0.717, 1.165) is 11.1 Å². The van der Waals surface area contributed by atoms with Crippen molar-refractivity contribution in [3.05, 3.63) is 101 Å². The molecule has 1 aromatic carbocycles. The van der Waals surface area contributed by atoms with Crippen LogP contribution in [0.5, 0.6) is 0 Å². The highest BCUT2D eigenvalue weighted by atomic mass is 35.5. The molecule has 1 atom stereocenters. The summed E-state index contributed by atoms with van der Waals surface area (Å²) < 4.78 is 19.5. The lowest BCUT2D eigenvalue weighted by atomic mass is 10.0. The Morgan fingerprint density at radius 1 is 1.06 bits per heavy atom. The molecule has 35 heavy (non-hydrogen) atoms. The van der Waals surface area contributed by atoms with Crippen LogP contribution >= 0.6 is 11.6 Å². The van der Waals surface area contributed by atoms with Crippen molar-refractivity contribution in [1.82, 2.24) is 30.0 Å². The number of tetrazole rings is 1. The summed E-state index contributed by atoms with van der Waals surface area (Å²) in [5.74, 6) is -0.682. The molecule has 5 aromatic rings. The fourth-order valence-electron chi connectivity index (χ4n) is 3.97. The molecule has 0 bridgehead atoms. The molecule has 176 valence electrons. The van der Waals surface area contributed by atoms with Gasteiger partial charge in [0.15, 0.2) is 24.4 Å². The summed E-state index contributed by atoms with van der Waals surface area (Å²) in [5, 5.41) is 39.8. The van der Waals surface area contributed by atoms with Gasteiger partial charge in [0.1, 0.15) is 12.4 Å². The van der Waals surface area contributed by atoms with Gasteiger partial charge in [-0.15, -0.1) is 5.10 Å². The van der Waals surface area contributed by atoms with E-state index in [9.17, 15) is 10.4 Å². The van der Waals surface area contributed by atoms with Crippen LogP contribution in [0.4, 0.5) is 4.39 Å². The van der Waals surface area contributed by atoms with Gasteiger partial charge in [-0.25, -0.2) is 4.39 Å². The first-order valence-corrected chi connectivity index (χ1v) is 11.0. The van der Waals surface area contributed by atoms with Crippen molar-refractivity contribution in [3.63, 3.8) is 0 Å². The SMILES string of the molecule is CC[C@H](c1ccc(-c2c(-n3cnnn3)ccc(Cl)c2F)c[n+]1[O-])n1cc(-c2cc[n+]([O-])cc2)cn1. The fraction of sp³-hybridized carbons (Fsp3) is 0.130. The van der Waals surface area contributed by atoms with Crippen molar-refractivity contribution in [3.8, 4) is 27.9 Å². The largest absolute Gasteiger partial charge is 0.619 e. The lowest BCUT2D eigenvalue weighted by Gasteiger charge is -2.17. The van der Waals surface area contributed by atoms with Gasteiger partial charge < -0.3 is 10.4 Å². The zero-order valence-corrected chi connectivity index (χ0v) is 19.1. The molecule has 0 saturated carbocycles. The second kappa shape index (κ2) is 9.11. The number of pyridine rings is 2. The van der Waals surface area contributed by atoms with Crippen LogP contribution in [-0.2, 0) is 0 Å². The van der Waals surface area contributed by atoms with E-state index in [2.05, 4.69) is 20.6 Å².